The number of anilines is 1. The lowest BCUT2D eigenvalue weighted by Crippen LogP contribution is -1.92. The molecule has 0 unspecified atom stereocenters. The van der Waals surface area contributed by atoms with Crippen LogP contribution in [0.5, 0.6) is 11.5 Å². The first kappa shape index (κ1) is 17.4. The summed E-state index contributed by atoms with van der Waals surface area (Å²) < 4.78 is 11.7. The van der Waals surface area contributed by atoms with Crippen LogP contribution in [0.1, 0.15) is 5.56 Å². The molecule has 7 heteroatoms. The molecular weight excluding hydrogens is 402 g/mol. The van der Waals surface area contributed by atoms with E-state index in [1.807, 2.05) is 47.8 Å². The van der Waals surface area contributed by atoms with Crippen molar-refractivity contribution in [1.29, 1.82) is 0 Å². The van der Waals surface area contributed by atoms with Crippen LogP contribution in [-0.4, -0.2) is 25.4 Å². The third-order valence-electron chi connectivity index (χ3n) is 3.41. The second-order valence-electron chi connectivity index (χ2n) is 5.03. The number of hydrazone groups is 1. The van der Waals surface area contributed by atoms with Crippen molar-refractivity contribution < 1.29 is 9.47 Å². The molecule has 128 valence electrons. The Labute approximate surface area is 158 Å². The molecule has 3 rings (SSSR count). The SMILES string of the molecule is COc1ccc(-c2csc(N/N=C\c3cccc(Br)c3)n2)c(OC)c1. The highest BCUT2D eigenvalue weighted by molar-refractivity contribution is 9.10. The molecule has 0 spiro atoms. The zero-order chi connectivity index (χ0) is 17.6. The Morgan fingerprint density at radius 3 is 2.80 bits per heavy atom. The highest BCUT2D eigenvalue weighted by Gasteiger charge is 2.11. The van der Waals surface area contributed by atoms with Gasteiger partial charge in [-0.15, -0.1) is 11.3 Å². The molecule has 0 bridgehead atoms. The molecule has 0 fully saturated rings. The molecule has 0 saturated heterocycles. The minimum atomic E-state index is 0.708. The number of benzene rings is 2. The molecule has 0 saturated carbocycles. The average Bonchev–Trinajstić information content (AvgIpc) is 3.10. The summed E-state index contributed by atoms with van der Waals surface area (Å²) >= 11 is 4.92. The standard InChI is InChI=1S/C18H16BrN3O2S/c1-23-14-6-7-15(17(9-14)24-2)16-11-25-18(21-16)22-20-10-12-4-3-5-13(19)8-12/h3-11H,1-2H3,(H,21,22)/b20-10-. The van der Waals surface area contributed by atoms with Crippen molar-refractivity contribution in [2.75, 3.05) is 19.6 Å². The van der Waals surface area contributed by atoms with E-state index < -0.39 is 0 Å². The van der Waals surface area contributed by atoms with Crippen molar-refractivity contribution in [2.24, 2.45) is 5.10 Å². The zero-order valence-corrected chi connectivity index (χ0v) is 16.1. The molecule has 25 heavy (non-hydrogen) atoms. The summed E-state index contributed by atoms with van der Waals surface area (Å²) in [6.07, 6.45) is 1.75. The number of hydrogen-bond acceptors (Lipinski definition) is 6. The predicted octanol–water partition coefficient (Wildman–Crippen LogP) is 5.04. The highest BCUT2D eigenvalue weighted by Crippen LogP contribution is 2.34. The normalized spacial score (nSPS) is 10.8. The monoisotopic (exact) mass is 417 g/mol. The quantitative estimate of drug-likeness (QED) is 0.450. The summed E-state index contributed by atoms with van der Waals surface area (Å²) in [5.41, 5.74) is 5.68. The first-order valence-corrected chi connectivity index (χ1v) is 9.09. The van der Waals surface area contributed by atoms with Crippen molar-refractivity contribution >= 4 is 38.6 Å². The Bertz CT molecular complexity index is 896. The number of halogens is 1. The Kier molecular flexibility index (Phi) is 5.67. The summed E-state index contributed by atoms with van der Waals surface area (Å²) in [5, 5.41) is 6.90. The van der Waals surface area contributed by atoms with Gasteiger partial charge in [0, 0.05) is 21.5 Å². The van der Waals surface area contributed by atoms with E-state index in [1.54, 1.807) is 20.4 Å². The van der Waals surface area contributed by atoms with Gasteiger partial charge in [-0.1, -0.05) is 28.1 Å². The van der Waals surface area contributed by atoms with Gasteiger partial charge in [-0.25, -0.2) is 4.98 Å². The Hall–Kier alpha value is -2.38. The van der Waals surface area contributed by atoms with Gasteiger partial charge in [-0.05, 0) is 29.8 Å². The molecule has 0 amide bonds. The van der Waals surface area contributed by atoms with E-state index in [-0.39, 0.29) is 0 Å². The molecule has 0 aliphatic carbocycles. The number of nitrogens with zero attached hydrogens (tertiary/aromatic N) is 2. The van der Waals surface area contributed by atoms with Crippen LogP contribution in [0.2, 0.25) is 0 Å². The van der Waals surface area contributed by atoms with Crippen LogP contribution in [0.25, 0.3) is 11.3 Å². The van der Waals surface area contributed by atoms with Crippen LogP contribution in [0, 0.1) is 0 Å². The fourth-order valence-electron chi connectivity index (χ4n) is 2.21. The topological polar surface area (TPSA) is 55.7 Å². The molecule has 1 aromatic heterocycles. The van der Waals surface area contributed by atoms with Gasteiger partial charge in [-0.2, -0.15) is 5.10 Å². The largest absolute Gasteiger partial charge is 0.497 e. The number of hydrogen-bond donors (Lipinski definition) is 1. The maximum Gasteiger partial charge on any atom is 0.203 e. The molecule has 3 aromatic rings. The van der Waals surface area contributed by atoms with Gasteiger partial charge in [0.1, 0.15) is 11.5 Å². The lowest BCUT2D eigenvalue weighted by Gasteiger charge is -2.08. The molecule has 0 radical (unpaired) electrons. The maximum atomic E-state index is 5.43. The van der Waals surface area contributed by atoms with Crippen molar-refractivity contribution in [3.05, 3.63) is 57.9 Å². The van der Waals surface area contributed by atoms with E-state index in [2.05, 4.69) is 31.4 Å². The van der Waals surface area contributed by atoms with Gasteiger partial charge in [0.05, 0.1) is 26.1 Å². The summed E-state index contributed by atoms with van der Waals surface area (Å²) in [6, 6.07) is 13.6. The van der Waals surface area contributed by atoms with Crippen molar-refractivity contribution in [3.8, 4) is 22.8 Å². The van der Waals surface area contributed by atoms with E-state index in [4.69, 9.17) is 9.47 Å². The van der Waals surface area contributed by atoms with Gasteiger partial charge in [0.25, 0.3) is 0 Å². The van der Waals surface area contributed by atoms with E-state index in [0.717, 1.165) is 27.0 Å². The number of rotatable bonds is 6. The first-order valence-electron chi connectivity index (χ1n) is 7.42. The molecule has 2 aromatic carbocycles. The van der Waals surface area contributed by atoms with E-state index >= 15 is 0 Å². The van der Waals surface area contributed by atoms with Crippen LogP contribution in [0.15, 0.2) is 57.4 Å². The highest BCUT2D eigenvalue weighted by atomic mass is 79.9. The molecule has 0 aliphatic rings. The van der Waals surface area contributed by atoms with Crippen LogP contribution in [-0.2, 0) is 0 Å². The van der Waals surface area contributed by atoms with Crippen molar-refractivity contribution in [1.82, 2.24) is 4.98 Å². The number of methoxy groups -OCH3 is 2. The first-order chi connectivity index (χ1) is 12.2. The molecule has 0 aliphatic heterocycles. The molecule has 1 heterocycles. The predicted molar refractivity (Wildman–Crippen MR) is 106 cm³/mol. The summed E-state index contributed by atoms with van der Waals surface area (Å²) in [5.74, 6) is 1.46. The zero-order valence-electron chi connectivity index (χ0n) is 13.7. The number of thiazole rings is 1. The number of aromatic nitrogens is 1. The van der Waals surface area contributed by atoms with Gasteiger partial charge in [0.15, 0.2) is 0 Å². The van der Waals surface area contributed by atoms with Crippen molar-refractivity contribution in [3.63, 3.8) is 0 Å². The third kappa shape index (κ3) is 4.37. The van der Waals surface area contributed by atoms with Crippen LogP contribution in [0.3, 0.4) is 0 Å². The van der Waals surface area contributed by atoms with Gasteiger partial charge < -0.3 is 9.47 Å². The summed E-state index contributed by atoms with van der Waals surface area (Å²) in [4.78, 5) is 4.56. The lowest BCUT2D eigenvalue weighted by molar-refractivity contribution is 0.395. The van der Waals surface area contributed by atoms with Gasteiger partial charge in [-0.3, -0.25) is 5.43 Å². The molecule has 0 atom stereocenters. The average molecular weight is 418 g/mol. The van der Waals surface area contributed by atoms with Crippen LogP contribution in [0.4, 0.5) is 5.13 Å². The maximum absolute atomic E-state index is 5.43. The Balaban J connectivity index is 1.74. The Morgan fingerprint density at radius 1 is 1.16 bits per heavy atom. The second kappa shape index (κ2) is 8.13. The molecule has 5 nitrogen and oxygen atoms in total. The van der Waals surface area contributed by atoms with Crippen LogP contribution >= 0.6 is 27.3 Å². The Morgan fingerprint density at radius 2 is 2.04 bits per heavy atom. The van der Waals surface area contributed by atoms with E-state index in [9.17, 15) is 0 Å². The van der Waals surface area contributed by atoms with Gasteiger partial charge >= 0.3 is 0 Å². The van der Waals surface area contributed by atoms with E-state index in [0.29, 0.717) is 10.9 Å². The molecular formula is C18H16BrN3O2S. The minimum absolute atomic E-state index is 0.708. The third-order valence-corrected chi connectivity index (χ3v) is 4.65. The molecule has 1 N–H and O–H groups in total. The van der Waals surface area contributed by atoms with Crippen LogP contribution < -0.4 is 14.9 Å². The summed E-state index contributed by atoms with van der Waals surface area (Å²) in [7, 11) is 3.26. The van der Waals surface area contributed by atoms with E-state index in [1.165, 1.54) is 11.3 Å². The van der Waals surface area contributed by atoms with Crippen molar-refractivity contribution in [2.45, 2.75) is 0 Å². The minimum Gasteiger partial charge on any atom is -0.497 e. The number of ether oxygens (including phenoxy) is 2. The fraction of sp³-hybridized carbons (Fsp3) is 0.111. The van der Waals surface area contributed by atoms with Gasteiger partial charge in [0.2, 0.25) is 5.13 Å². The second-order valence-corrected chi connectivity index (χ2v) is 6.80. The lowest BCUT2D eigenvalue weighted by atomic mass is 10.1. The summed E-state index contributed by atoms with van der Waals surface area (Å²) in [6.45, 7) is 0. The fourth-order valence-corrected chi connectivity index (χ4v) is 3.28. The number of nitrogens with one attached hydrogen (secondary N) is 1. The smallest absolute Gasteiger partial charge is 0.203 e.